The molecule has 0 aromatic heterocycles. The Balaban J connectivity index is 2.24. The van der Waals surface area contributed by atoms with Crippen LogP contribution in [-0.2, 0) is 0 Å². The van der Waals surface area contributed by atoms with Gasteiger partial charge in [0.1, 0.15) is 5.82 Å². The Kier molecular flexibility index (Phi) is 3.19. The minimum absolute atomic E-state index is 0.145. The van der Waals surface area contributed by atoms with Gasteiger partial charge in [-0.15, -0.1) is 0 Å². The molecule has 1 nitrogen and oxygen atoms in total. The first-order valence-electron chi connectivity index (χ1n) is 4.93. The predicted octanol–water partition coefficient (Wildman–Crippen LogP) is 3.06. The van der Waals surface area contributed by atoms with Crippen LogP contribution in [-0.4, -0.2) is 13.1 Å². The Morgan fingerprint density at radius 1 is 1.43 bits per heavy atom. The molecule has 0 radical (unpaired) electrons. The minimum atomic E-state index is -0.145. The van der Waals surface area contributed by atoms with Crippen LogP contribution in [0.3, 0.4) is 0 Å². The highest BCUT2D eigenvalue weighted by atomic mass is 79.9. The third-order valence-electron chi connectivity index (χ3n) is 2.69. The molecule has 3 heteroatoms. The lowest BCUT2D eigenvalue weighted by Crippen LogP contribution is -2.28. The highest BCUT2D eigenvalue weighted by Gasteiger charge is 2.17. The summed E-state index contributed by atoms with van der Waals surface area (Å²) >= 11 is 3.47. The van der Waals surface area contributed by atoms with Crippen molar-refractivity contribution in [3.63, 3.8) is 0 Å². The SMILES string of the molecule is Fc1ccc(Br)c([C@H]2CCCNC2)c1. The van der Waals surface area contributed by atoms with E-state index in [1.807, 2.05) is 0 Å². The van der Waals surface area contributed by atoms with Crippen LogP contribution in [0, 0.1) is 5.82 Å². The molecule has 1 heterocycles. The molecule has 14 heavy (non-hydrogen) atoms. The van der Waals surface area contributed by atoms with Gasteiger partial charge in [0, 0.05) is 11.0 Å². The van der Waals surface area contributed by atoms with Gasteiger partial charge < -0.3 is 5.32 Å². The molecule has 0 amide bonds. The van der Waals surface area contributed by atoms with Gasteiger partial charge >= 0.3 is 0 Å². The van der Waals surface area contributed by atoms with Gasteiger partial charge in [0.05, 0.1) is 0 Å². The summed E-state index contributed by atoms with van der Waals surface area (Å²) in [6.45, 7) is 2.05. The maximum Gasteiger partial charge on any atom is 0.123 e. The fourth-order valence-corrected chi connectivity index (χ4v) is 2.52. The maximum atomic E-state index is 13.1. The van der Waals surface area contributed by atoms with Crippen molar-refractivity contribution in [1.82, 2.24) is 5.32 Å². The average Bonchev–Trinajstić information content (AvgIpc) is 2.23. The van der Waals surface area contributed by atoms with Gasteiger partial charge in [-0.2, -0.15) is 0 Å². The summed E-state index contributed by atoms with van der Waals surface area (Å²) in [6, 6.07) is 4.92. The van der Waals surface area contributed by atoms with Gasteiger partial charge in [-0.05, 0) is 49.1 Å². The van der Waals surface area contributed by atoms with E-state index in [2.05, 4.69) is 21.2 Å². The van der Waals surface area contributed by atoms with Crippen LogP contribution in [0.25, 0.3) is 0 Å². The van der Waals surface area contributed by atoms with Gasteiger partial charge in [0.15, 0.2) is 0 Å². The van der Waals surface area contributed by atoms with Gasteiger partial charge in [-0.25, -0.2) is 4.39 Å². The molecule has 1 N–H and O–H groups in total. The van der Waals surface area contributed by atoms with E-state index in [4.69, 9.17) is 0 Å². The van der Waals surface area contributed by atoms with E-state index in [1.54, 1.807) is 12.1 Å². The largest absolute Gasteiger partial charge is 0.316 e. The Hall–Kier alpha value is -0.410. The number of hydrogen-bond donors (Lipinski definition) is 1. The fraction of sp³-hybridized carbons (Fsp3) is 0.455. The number of hydrogen-bond acceptors (Lipinski definition) is 1. The van der Waals surface area contributed by atoms with Crippen molar-refractivity contribution in [2.75, 3.05) is 13.1 Å². The van der Waals surface area contributed by atoms with Crippen molar-refractivity contribution in [3.05, 3.63) is 34.1 Å². The highest BCUT2D eigenvalue weighted by Crippen LogP contribution is 2.30. The first-order valence-corrected chi connectivity index (χ1v) is 5.72. The van der Waals surface area contributed by atoms with Crippen molar-refractivity contribution >= 4 is 15.9 Å². The van der Waals surface area contributed by atoms with Crippen molar-refractivity contribution in [1.29, 1.82) is 0 Å². The zero-order valence-corrected chi connectivity index (χ0v) is 9.48. The maximum absolute atomic E-state index is 13.1. The first kappa shape index (κ1) is 10.1. The topological polar surface area (TPSA) is 12.0 Å². The van der Waals surface area contributed by atoms with E-state index in [9.17, 15) is 4.39 Å². The predicted molar refractivity (Wildman–Crippen MR) is 58.9 cm³/mol. The molecular weight excluding hydrogens is 245 g/mol. The molecular formula is C11H13BrFN. The monoisotopic (exact) mass is 257 g/mol. The number of rotatable bonds is 1. The van der Waals surface area contributed by atoms with Crippen LogP contribution in [0.15, 0.2) is 22.7 Å². The molecule has 1 aliphatic rings. The van der Waals surface area contributed by atoms with E-state index in [-0.39, 0.29) is 5.82 Å². The summed E-state index contributed by atoms with van der Waals surface area (Å²) in [5, 5.41) is 3.34. The van der Waals surface area contributed by atoms with E-state index in [0.717, 1.165) is 29.5 Å². The second-order valence-electron chi connectivity index (χ2n) is 3.71. The van der Waals surface area contributed by atoms with Gasteiger partial charge in [-0.1, -0.05) is 15.9 Å². The third kappa shape index (κ3) is 2.15. The molecule has 0 bridgehead atoms. The van der Waals surface area contributed by atoms with Crippen molar-refractivity contribution < 1.29 is 4.39 Å². The number of benzene rings is 1. The molecule has 1 saturated heterocycles. The van der Waals surface area contributed by atoms with Crippen molar-refractivity contribution in [2.45, 2.75) is 18.8 Å². The first-order chi connectivity index (χ1) is 6.77. The summed E-state index contributed by atoms with van der Waals surface area (Å²) in [6.07, 6.45) is 2.32. The molecule has 0 unspecified atom stereocenters. The standard InChI is InChI=1S/C11H13BrFN/c12-11-4-3-9(13)6-10(11)8-2-1-5-14-7-8/h3-4,6,8,14H,1-2,5,7H2/t8-/m0/s1. The molecule has 76 valence electrons. The normalized spacial score (nSPS) is 22.3. The second kappa shape index (κ2) is 4.41. The van der Waals surface area contributed by atoms with E-state index >= 15 is 0 Å². The van der Waals surface area contributed by atoms with Gasteiger partial charge in [-0.3, -0.25) is 0 Å². The Bertz CT molecular complexity index is 321. The Morgan fingerprint density at radius 2 is 2.29 bits per heavy atom. The summed E-state index contributed by atoms with van der Waals surface area (Å²) in [5.41, 5.74) is 1.09. The molecule has 0 spiro atoms. The van der Waals surface area contributed by atoms with Crippen LogP contribution in [0.4, 0.5) is 4.39 Å². The quantitative estimate of drug-likeness (QED) is 0.816. The fourth-order valence-electron chi connectivity index (χ4n) is 1.94. The lowest BCUT2D eigenvalue weighted by atomic mass is 9.92. The van der Waals surface area contributed by atoms with E-state index in [0.29, 0.717) is 5.92 Å². The smallest absolute Gasteiger partial charge is 0.123 e. The summed E-state index contributed by atoms with van der Waals surface area (Å²) < 4.78 is 14.1. The van der Waals surface area contributed by atoms with Crippen LogP contribution >= 0.6 is 15.9 Å². The Morgan fingerprint density at radius 3 is 3.00 bits per heavy atom. The van der Waals surface area contributed by atoms with E-state index < -0.39 is 0 Å². The van der Waals surface area contributed by atoms with Crippen LogP contribution in [0.2, 0.25) is 0 Å². The number of piperidine rings is 1. The Labute approximate surface area is 91.8 Å². The van der Waals surface area contributed by atoms with Crippen LogP contribution in [0.1, 0.15) is 24.3 Å². The molecule has 1 atom stereocenters. The molecule has 2 rings (SSSR count). The summed E-state index contributed by atoms with van der Waals surface area (Å²) in [7, 11) is 0. The molecule has 0 saturated carbocycles. The zero-order valence-electron chi connectivity index (χ0n) is 7.89. The van der Waals surface area contributed by atoms with Crippen molar-refractivity contribution in [3.8, 4) is 0 Å². The lowest BCUT2D eigenvalue weighted by Gasteiger charge is -2.24. The zero-order chi connectivity index (χ0) is 9.97. The van der Waals surface area contributed by atoms with Crippen molar-refractivity contribution in [2.24, 2.45) is 0 Å². The number of nitrogens with one attached hydrogen (secondary N) is 1. The summed E-state index contributed by atoms with van der Waals surface area (Å²) in [5.74, 6) is 0.308. The molecule has 1 aliphatic heterocycles. The lowest BCUT2D eigenvalue weighted by molar-refractivity contribution is 0.459. The van der Waals surface area contributed by atoms with E-state index in [1.165, 1.54) is 12.5 Å². The van der Waals surface area contributed by atoms with Gasteiger partial charge in [0.2, 0.25) is 0 Å². The second-order valence-corrected chi connectivity index (χ2v) is 4.56. The minimum Gasteiger partial charge on any atom is -0.316 e. The van der Waals surface area contributed by atoms with Gasteiger partial charge in [0.25, 0.3) is 0 Å². The molecule has 1 fully saturated rings. The molecule has 1 aromatic carbocycles. The van der Waals surface area contributed by atoms with Crippen LogP contribution < -0.4 is 5.32 Å². The molecule has 1 aromatic rings. The third-order valence-corrected chi connectivity index (χ3v) is 3.42. The highest BCUT2D eigenvalue weighted by molar-refractivity contribution is 9.10. The summed E-state index contributed by atoms with van der Waals surface area (Å²) in [4.78, 5) is 0. The average molecular weight is 258 g/mol. The number of halogens is 2. The van der Waals surface area contributed by atoms with Crippen LogP contribution in [0.5, 0.6) is 0 Å². The molecule has 0 aliphatic carbocycles.